The zero-order valence-corrected chi connectivity index (χ0v) is 12.3. The highest BCUT2D eigenvalue weighted by molar-refractivity contribution is 5.40. The Labute approximate surface area is 115 Å². The molecule has 1 heterocycles. The smallest absolute Gasteiger partial charge is 0.123 e. The lowest BCUT2D eigenvalue weighted by Gasteiger charge is -2.36. The van der Waals surface area contributed by atoms with Gasteiger partial charge in [0.15, 0.2) is 0 Å². The molecule has 0 aliphatic carbocycles. The molecule has 1 aliphatic rings. The minimum atomic E-state index is 0.528. The zero-order valence-electron chi connectivity index (χ0n) is 12.3. The summed E-state index contributed by atoms with van der Waals surface area (Å²) >= 11 is 0. The van der Waals surface area contributed by atoms with E-state index in [0.717, 1.165) is 31.1 Å². The molecule has 4 nitrogen and oxygen atoms in total. The third-order valence-corrected chi connectivity index (χ3v) is 3.51. The van der Waals surface area contributed by atoms with Crippen LogP contribution in [0.1, 0.15) is 19.4 Å². The fraction of sp³-hybridized carbons (Fsp3) is 0.600. The van der Waals surface area contributed by atoms with Crippen molar-refractivity contribution in [1.29, 1.82) is 0 Å². The molecule has 106 valence electrons. The SMILES string of the molecule is COc1ccc(OC)c(CN2CC(C)NC(C)C2)c1. The van der Waals surface area contributed by atoms with Crippen molar-refractivity contribution >= 4 is 0 Å². The molecule has 0 bridgehead atoms. The summed E-state index contributed by atoms with van der Waals surface area (Å²) in [6.07, 6.45) is 0. The van der Waals surface area contributed by atoms with Crippen molar-refractivity contribution in [2.24, 2.45) is 0 Å². The first-order valence-electron chi connectivity index (χ1n) is 6.81. The van der Waals surface area contributed by atoms with Gasteiger partial charge >= 0.3 is 0 Å². The van der Waals surface area contributed by atoms with Gasteiger partial charge in [0.2, 0.25) is 0 Å². The fourth-order valence-electron chi connectivity index (χ4n) is 2.82. The van der Waals surface area contributed by atoms with E-state index in [4.69, 9.17) is 9.47 Å². The Morgan fingerprint density at radius 2 is 1.84 bits per heavy atom. The Kier molecular flexibility index (Phi) is 4.66. The number of piperazine rings is 1. The predicted molar refractivity (Wildman–Crippen MR) is 76.9 cm³/mol. The second kappa shape index (κ2) is 6.26. The molecule has 2 rings (SSSR count). The van der Waals surface area contributed by atoms with E-state index >= 15 is 0 Å². The summed E-state index contributed by atoms with van der Waals surface area (Å²) in [5, 5.41) is 3.55. The second-order valence-electron chi connectivity index (χ2n) is 5.34. The lowest BCUT2D eigenvalue weighted by Crippen LogP contribution is -2.53. The number of hydrogen-bond donors (Lipinski definition) is 1. The van der Waals surface area contributed by atoms with Gasteiger partial charge < -0.3 is 14.8 Å². The van der Waals surface area contributed by atoms with E-state index < -0.39 is 0 Å². The molecule has 1 aromatic rings. The van der Waals surface area contributed by atoms with Gasteiger partial charge in [-0.05, 0) is 32.0 Å². The summed E-state index contributed by atoms with van der Waals surface area (Å²) < 4.78 is 10.7. The van der Waals surface area contributed by atoms with E-state index in [-0.39, 0.29) is 0 Å². The highest BCUT2D eigenvalue weighted by atomic mass is 16.5. The third kappa shape index (κ3) is 3.61. The maximum absolute atomic E-state index is 5.44. The Bertz CT molecular complexity index is 413. The average molecular weight is 264 g/mol. The summed E-state index contributed by atoms with van der Waals surface area (Å²) in [6.45, 7) is 7.48. The van der Waals surface area contributed by atoms with Crippen LogP contribution in [0.2, 0.25) is 0 Å². The molecule has 2 atom stereocenters. The first-order valence-corrected chi connectivity index (χ1v) is 6.81. The molecule has 0 spiro atoms. The van der Waals surface area contributed by atoms with Gasteiger partial charge in [0.25, 0.3) is 0 Å². The molecule has 1 fully saturated rings. The van der Waals surface area contributed by atoms with Crippen LogP contribution in [0.25, 0.3) is 0 Å². The first-order chi connectivity index (χ1) is 9.12. The largest absolute Gasteiger partial charge is 0.497 e. The molecule has 1 saturated heterocycles. The summed E-state index contributed by atoms with van der Waals surface area (Å²) in [6, 6.07) is 7.03. The van der Waals surface area contributed by atoms with Crippen LogP contribution < -0.4 is 14.8 Å². The number of rotatable bonds is 4. The third-order valence-electron chi connectivity index (χ3n) is 3.51. The van der Waals surface area contributed by atoms with Gasteiger partial charge in [-0.2, -0.15) is 0 Å². The van der Waals surface area contributed by atoms with Gasteiger partial charge in [-0.1, -0.05) is 0 Å². The summed E-state index contributed by atoms with van der Waals surface area (Å²) in [4.78, 5) is 2.46. The normalized spacial score (nSPS) is 24.2. The van der Waals surface area contributed by atoms with Crippen LogP contribution >= 0.6 is 0 Å². The van der Waals surface area contributed by atoms with Crippen molar-refractivity contribution in [3.05, 3.63) is 23.8 Å². The quantitative estimate of drug-likeness (QED) is 0.900. The average Bonchev–Trinajstić information content (AvgIpc) is 2.37. The van der Waals surface area contributed by atoms with Gasteiger partial charge in [0.1, 0.15) is 11.5 Å². The molecule has 4 heteroatoms. The van der Waals surface area contributed by atoms with Gasteiger partial charge in [-0.15, -0.1) is 0 Å². The number of methoxy groups -OCH3 is 2. The molecule has 19 heavy (non-hydrogen) atoms. The van der Waals surface area contributed by atoms with Gasteiger partial charge in [-0.3, -0.25) is 4.90 Å². The summed E-state index contributed by atoms with van der Waals surface area (Å²) in [7, 11) is 3.41. The van der Waals surface area contributed by atoms with Crippen molar-refractivity contribution in [3.63, 3.8) is 0 Å². The number of hydrogen-bond acceptors (Lipinski definition) is 4. The molecular weight excluding hydrogens is 240 g/mol. The van der Waals surface area contributed by atoms with Crippen LogP contribution in [0.4, 0.5) is 0 Å². The highest BCUT2D eigenvalue weighted by Gasteiger charge is 2.21. The maximum atomic E-state index is 5.44. The minimum Gasteiger partial charge on any atom is -0.497 e. The molecule has 0 amide bonds. The molecule has 1 N–H and O–H groups in total. The Hall–Kier alpha value is -1.26. The van der Waals surface area contributed by atoms with Crippen LogP contribution in [-0.2, 0) is 6.54 Å². The van der Waals surface area contributed by atoms with Crippen molar-refractivity contribution in [1.82, 2.24) is 10.2 Å². The van der Waals surface area contributed by atoms with Crippen LogP contribution in [0.5, 0.6) is 11.5 Å². The number of nitrogens with zero attached hydrogens (tertiary/aromatic N) is 1. The van der Waals surface area contributed by atoms with E-state index in [9.17, 15) is 0 Å². The summed E-state index contributed by atoms with van der Waals surface area (Å²) in [5.74, 6) is 1.81. The number of benzene rings is 1. The van der Waals surface area contributed by atoms with Crippen LogP contribution in [-0.4, -0.2) is 44.3 Å². The maximum Gasteiger partial charge on any atom is 0.123 e. The number of nitrogens with one attached hydrogen (secondary N) is 1. The molecule has 2 unspecified atom stereocenters. The van der Waals surface area contributed by atoms with Crippen molar-refractivity contribution < 1.29 is 9.47 Å². The van der Waals surface area contributed by atoms with Gasteiger partial charge in [0, 0.05) is 37.3 Å². The summed E-state index contributed by atoms with van der Waals surface area (Å²) in [5.41, 5.74) is 1.18. The molecular formula is C15H24N2O2. The zero-order chi connectivity index (χ0) is 13.8. The fourth-order valence-corrected chi connectivity index (χ4v) is 2.82. The lowest BCUT2D eigenvalue weighted by atomic mass is 10.1. The van der Waals surface area contributed by atoms with E-state index in [2.05, 4.69) is 30.1 Å². The van der Waals surface area contributed by atoms with Crippen LogP contribution in [0.15, 0.2) is 18.2 Å². The van der Waals surface area contributed by atoms with Crippen molar-refractivity contribution in [2.45, 2.75) is 32.5 Å². The standard InChI is InChI=1S/C15H24N2O2/c1-11-8-17(9-12(2)16-11)10-13-7-14(18-3)5-6-15(13)19-4/h5-7,11-12,16H,8-10H2,1-4H3. The monoisotopic (exact) mass is 264 g/mol. The highest BCUT2D eigenvalue weighted by Crippen LogP contribution is 2.25. The molecule has 0 aromatic heterocycles. The Morgan fingerprint density at radius 3 is 2.42 bits per heavy atom. The minimum absolute atomic E-state index is 0.528. The topological polar surface area (TPSA) is 33.7 Å². The molecule has 0 saturated carbocycles. The Morgan fingerprint density at radius 1 is 1.16 bits per heavy atom. The molecule has 1 aliphatic heterocycles. The predicted octanol–water partition coefficient (Wildman–Crippen LogP) is 1.89. The molecule has 1 aromatic carbocycles. The van der Waals surface area contributed by atoms with E-state index in [0.29, 0.717) is 12.1 Å². The molecule has 0 radical (unpaired) electrons. The van der Waals surface area contributed by atoms with E-state index in [1.54, 1.807) is 14.2 Å². The second-order valence-corrected chi connectivity index (χ2v) is 5.34. The lowest BCUT2D eigenvalue weighted by molar-refractivity contribution is 0.165. The van der Waals surface area contributed by atoms with Crippen LogP contribution in [0, 0.1) is 0 Å². The Balaban J connectivity index is 2.12. The van der Waals surface area contributed by atoms with Crippen molar-refractivity contribution in [3.8, 4) is 11.5 Å². The van der Waals surface area contributed by atoms with Gasteiger partial charge in [-0.25, -0.2) is 0 Å². The van der Waals surface area contributed by atoms with E-state index in [1.165, 1.54) is 5.56 Å². The van der Waals surface area contributed by atoms with E-state index in [1.807, 2.05) is 12.1 Å². The van der Waals surface area contributed by atoms with Crippen molar-refractivity contribution in [2.75, 3.05) is 27.3 Å². The first kappa shape index (κ1) is 14.2. The van der Waals surface area contributed by atoms with Crippen LogP contribution in [0.3, 0.4) is 0 Å². The van der Waals surface area contributed by atoms with Gasteiger partial charge in [0.05, 0.1) is 14.2 Å². The number of ether oxygens (including phenoxy) is 2.